The molecule has 2 aliphatic heterocycles. The molecular formula is C20H26F3N5O. The van der Waals surface area contributed by atoms with E-state index >= 15 is 0 Å². The van der Waals surface area contributed by atoms with Gasteiger partial charge in [0.25, 0.3) is 0 Å². The van der Waals surface area contributed by atoms with E-state index in [4.69, 9.17) is 4.52 Å². The smallest absolute Gasteiger partial charge is 0.338 e. The van der Waals surface area contributed by atoms with Crippen molar-refractivity contribution >= 4 is 0 Å². The molecule has 1 atom stereocenters. The number of hydrogen-bond acceptors (Lipinski definition) is 6. The predicted molar refractivity (Wildman–Crippen MR) is 102 cm³/mol. The molecule has 0 radical (unpaired) electrons. The summed E-state index contributed by atoms with van der Waals surface area (Å²) in [4.78, 5) is 11.5. The van der Waals surface area contributed by atoms with Gasteiger partial charge < -0.3 is 9.42 Å². The second-order valence-corrected chi connectivity index (χ2v) is 7.96. The fraction of sp³-hybridized carbons (Fsp3) is 0.600. The first-order chi connectivity index (χ1) is 13.9. The van der Waals surface area contributed by atoms with E-state index < -0.39 is 11.7 Å². The number of aromatic nitrogens is 2. The van der Waals surface area contributed by atoms with Crippen molar-refractivity contribution < 1.29 is 17.7 Å². The molecule has 158 valence electrons. The zero-order valence-electron chi connectivity index (χ0n) is 16.5. The number of nitrogens with zero attached hydrogens (tertiary/aromatic N) is 5. The van der Waals surface area contributed by atoms with Crippen LogP contribution in [0.5, 0.6) is 0 Å². The zero-order valence-corrected chi connectivity index (χ0v) is 16.5. The lowest BCUT2D eigenvalue weighted by atomic mass is 10.0. The molecule has 3 heterocycles. The average Bonchev–Trinajstić information content (AvgIpc) is 3.17. The molecule has 2 saturated heterocycles. The number of piperazine rings is 1. The van der Waals surface area contributed by atoms with Crippen LogP contribution >= 0.6 is 0 Å². The highest BCUT2D eigenvalue weighted by Gasteiger charge is 2.31. The van der Waals surface area contributed by atoms with Crippen LogP contribution in [-0.2, 0) is 12.7 Å². The molecule has 2 aromatic rings. The quantitative estimate of drug-likeness (QED) is 0.774. The summed E-state index contributed by atoms with van der Waals surface area (Å²) in [7, 11) is 2.18. The molecule has 1 unspecified atom stereocenters. The van der Waals surface area contributed by atoms with Crippen LogP contribution in [0.25, 0.3) is 11.4 Å². The summed E-state index contributed by atoms with van der Waals surface area (Å²) in [6, 6.07) is 5.63. The molecule has 0 aliphatic carbocycles. The molecule has 1 aromatic heterocycles. The Kier molecular flexibility index (Phi) is 5.89. The zero-order chi connectivity index (χ0) is 20.4. The summed E-state index contributed by atoms with van der Waals surface area (Å²) in [5.41, 5.74) is -0.410. The van der Waals surface area contributed by atoms with Gasteiger partial charge in [-0.25, -0.2) is 0 Å². The van der Waals surface area contributed by atoms with Crippen molar-refractivity contribution in [2.75, 3.05) is 46.3 Å². The molecular weight excluding hydrogens is 383 g/mol. The van der Waals surface area contributed by atoms with Crippen molar-refractivity contribution in [3.8, 4) is 11.4 Å². The van der Waals surface area contributed by atoms with Crippen LogP contribution in [0.4, 0.5) is 13.2 Å². The maximum absolute atomic E-state index is 12.9. The second kappa shape index (κ2) is 8.41. The minimum atomic E-state index is -4.39. The number of halogens is 3. The lowest BCUT2D eigenvalue weighted by molar-refractivity contribution is -0.137. The van der Waals surface area contributed by atoms with E-state index in [1.165, 1.54) is 25.5 Å². The first-order valence-electron chi connectivity index (χ1n) is 10.0. The Bertz CT molecular complexity index is 816. The van der Waals surface area contributed by atoms with Gasteiger partial charge in [0.05, 0.1) is 12.1 Å². The van der Waals surface area contributed by atoms with E-state index in [2.05, 4.69) is 31.9 Å². The molecule has 0 spiro atoms. The molecule has 2 fully saturated rings. The monoisotopic (exact) mass is 409 g/mol. The van der Waals surface area contributed by atoms with Gasteiger partial charge in [0.15, 0.2) is 0 Å². The van der Waals surface area contributed by atoms with Crippen molar-refractivity contribution in [2.45, 2.75) is 31.6 Å². The van der Waals surface area contributed by atoms with Gasteiger partial charge in [-0.05, 0) is 38.6 Å². The van der Waals surface area contributed by atoms with Gasteiger partial charge in [0, 0.05) is 44.3 Å². The second-order valence-electron chi connectivity index (χ2n) is 7.96. The third kappa shape index (κ3) is 4.96. The minimum Gasteiger partial charge on any atom is -0.338 e. The van der Waals surface area contributed by atoms with E-state index in [9.17, 15) is 13.2 Å². The molecule has 2 aliphatic rings. The number of likely N-dealkylation sites (tertiary alicyclic amines) is 1. The third-order valence-electron chi connectivity index (χ3n) is 5.80. The predicted octanol–water partition coefficient (Wildman–Crippen LogP) is 2.97. The van der Waals surface area contributed by atoms with Gasteiger partial charge in [-0.15, -0.1) is 0 Å². The highest BCUT2D eigenvalue weighted by Crippen LogP contribution is 2.31. The summed E-state index contributed by atoms with van der Waals surface area (Å²) in [5, 5.41) is 3.88. The Morgan fingerprint density at radius 1 is 1.14 bits per heavy atom. The van der Waals surface area contributed by atoms with Gasteiger partial charge >= 0.3 is 6.18 Å². The molecule has 4 rings (SSSR count). The fourth-order valence-electron chi connectivity index (χ4n) is 4.19. The lowest BCUT2D eigenvalue weighted by Gasteiger charge is -2.42. The van der Waals surface area contributed by atoms with Gasteiger partial charge in [-0.1, -0.05) is 17.3 Å². The van der Waals surface area contributed by atoms with Crippen LogP contribution < -0.4 is 0 Å². The van der Waals surface area contributed by atoms with E-state index in [0.29, 0.717) is 24.0 Å². The number of benzene rings is 1. The summed E-state index contributed by atoms with van der Waals surface area (Å²) >= 11 is 0. The van der Waals surface area contributed by atoms with Crippen LogP contribution in [0, 0.1) is 0 Å². The van der Waals surface area contributed by atoms with E-state index in [1.807, 2.05) is 0 Å². The standard InChI is InChI=1S/C20H26F3N5O/c1-26-7-3-6-17(13-26)28-10-8-27(9-11-28)14-18-24-19(25-29-18)15-4-2-5-16(12-15)20(21,22)23/h2,4-5,12,17H,3,6-11,13-14H2,1H3. The van der Waals surface area contributed by atoms with E-state index in [1.54, 1.807) is 6.07 Å². The van der Waals surface area contributed by atoms with Gasteiger partial charge in [0.1, 0.15) is 0 Å². The fourth-order valence-corrected chi connectivity index (χ4v) is 4.19. The minimum absolute atomic E-state index is 0.190. The van der Waals surface area contributed by atoms with E-state index in [0.717, 1.165) is 44.9 Å². The van der Waals surface area contributed by atoms with Crippen LogP contribution in [-0.4, -0.2) is 77.2 Å². The van der Waals surface area contributed by atoms with Crippen LogP contribution in [0.1, 0.15) is 24.3 Å². The highest BCUT2D eigenvalue weighted by molar-refractivity contribution is 5.55. The van der Waals surface area contributed by atoms with Gasteiger partial charge in [-0.2, -0.15) is 18.2 Å². The molecule has 0 saturated carbocycles. The van der Waals surface area contributed by atoms with Crippen LogP contribution in [0.3, 0.4) is 0 Å². The number of hydrogen-bond donors (Lipinski definition) is 0. The highest BCUT2D eigenvalue weighted by atomic mass is 19.4. The Labute approximate surface area is 168 Å². The molecule has 0 amide bonds. The summed E-state index contributed by atoms with van der Waals surface area (Å²) < 4.78 is 44.0. The first kappa shape index (κ1) is 20.3. The molecule has 9 heteroatoms. The van der Waals surface area contributed by atoms with Crippen LogP contribution in [0.2, 0.25) is 0 Å². The van der Waals surface area contributed by atoms with Crippen molar-refractivity contribution in [1.29, 1.82) is 0 Å². The molecule has 0 bridgehead atoms. The summed E-state index contributed by atoms with van der Waals surface area (Å²) in [5.74, 6) is 0.623. The first-order valence-corrected chi connectivity index (χ1v) is 10.0. The van der Waals surface area contributed by atoms with Crippen molar-refractivity contribution in [3.63, 3.8) is 0 Å². The molecule has 29 heavy (non-hydrogen) atoms. The molecule has 0 N–H and O–H groups in total. The number of rotatable bonds is 4. The average molecular weight is 409 g/mol. The maximum Gasteiger partial charge on any atom is 0.416 e. The Hall–Kier alpha value is -1.97. The van der Waals surface area contributed by atoms with Gasteiger partial charge in [0.2, 0.25) is 11.7 Å². The van der Waals surface area contributed by atoms with Crippen molar-refractivity contribution in [1.82, 2.24) is 24.8 Å². The molecule has 1 aromatic carbocycles. The Balaban J connectivity index is 1.33. The van der Waals surface area contributed by atoms with E-state index in [-0.39, 0.29) is 5.82 Å². The number of likely N-dealkylation sites (N-methyl/N-ethyl adjacent to an activating group) is 1. The van der Waals surface area contributed by atoms with Crippen molar-refractivity contribution in [2.24, 2.45) is 0 Å². The lowest BCUT2D eigenvalue weighted by Crippen LogP contribution is -2.54. The molecule has 6 nitrogen and oxygen atoms in total. The normalized spacial score (nSPS) is 22.8. The maximum atomic E-state index is 12.9. The summed E-state index contributed by atoms with van der Waals surface area (Å²) in [6.45, 7) is 6.68. The van der Waals surface area contributed by atoms with Crippen LogP contribution in [0.15, 0.2) is 28.8 Å². The number of piperidine rings is 1. The number of alkyl halides is 3. The topological polar surface area (TPSA) is 48.6 Å². The largest absolute Gasteiger partial charge is 0.416 e. The van der Waals surface area contributed by atoms with Crippen molar-refractivity contribution in [3.05, 3.63) is 35.7 Å². The SMILES string of the molecule is CN1CCCC(N2CCN(Cc3nc(-c4cccc(C(F)(F)F)c4)no3)CC2)C1. The summed E-state index contributed by atoms with van der Waals surface area (Å²) in [6.07, 6.45) is -1.88. The third-order valence-corrected chi connectivity index (χ3v) is 5.80. The Morgan fingerprint density at radius 3 is 2.66 bits per heavy atom. The Morgan fingerprint density at radius 2 is 1.93 bits per heavy atom. The van der Waals surface area contributed by atoms with Gasteiger partial charge in [-0.3, -0.25) is 9.80 Å².